The number of rotatable bonds is 4. The minimum atomic E-state index is -2.26. The Hall–Kier alpha value is -0.220. The van der Waals surface area contributed by atoms with Gasteiger partial charge < -0.3 is 10.1 Å². The predicted octanol–water partition coefficient (Wildman–Crippen LogP) is 1.80. The number of ether oxygens (including phenoxy) is 1. The Morgan fingerprint density at radius 1 is 1.38 bits per heavy atom. The highest BCUT2D eigenvalue weighted by atomic mass is 19.3. The Balaban J connectivity index is 2.27. The Kier molecular flexibility index (Phi) is 4.59. The van der Waals surface area contributed by atoms with Crippen molar-refractivity contribution in [3.05, 3.63) is 0 Å². The molecule has 0 radical (unpaired) electrons. The number of nitrogens with one attached hydrogen (secondary N) is 1. The third-order valence-corrected chi connectivity index (χ3v) is 2.54. The lowest BCUT2D eigenvalue weighted by atomic mass is 9.92. The summed E-state index contributed by atoms with van der Waals surface area (Å²) >= 11 is 0. The average molecular weight is 193 g/mol. The van der Waals surface area contributed by atoms with Crippen LogP contribution in [0.4, 0.5) is 8.78 Å². The molecule has 0 aromatic rings. The number of halogens is 2. The highest BCUT2D eigenvalue weighted by molar-refractivity contribution is 4.81. The van der Waals surface area contributed by atoms with E-state index in [1.54, 1.807) is 7.11 Å². The summed E-state index contributed by atoms with van der Waals surface area (Å²) in [5.41, 5.74) is 0. The van der Waals surface area contributed by atoms with E-state index in [1.165, 1.54) is 0 Å². The fourth-order valence-electron chi connectivity index (χ4n) is 1.85. The van der Waals surface area contributed by atoms with Gasteiger partial charge in [-0.3, -0.25) is 0 Å². The van der Waals surface area contributed by atoms with Crippen LogP contribution in [0.2, 0.25) is 0 Å². The van der Waals surface area contributed by atoms with Gasteiger partial charge >= 0.3 is 0 Å². The zero-order valence-corrected chi connectivity index (χ0v) is 7.93. The second kappa shape index (κ2) is 5.50. The molecule has 1 saturated carbocycles. The molecule has 1 aliphatic rings. The highest BCUT2D eigenvalue weighted by Gasteiger charge is 2.24. The first-order valence-electron chi connectivity index (χ1n) is 4.78. The van der Waals surface area contributed by atoms with Crippen LogP contribution in [0.3, 0.4) is 0 Å². The smallest absolute Gasteiger partial charge is 0.250 e. The van der Waals surface area contributed by atoms with Crippen LogP contribution in [0.1, 0.15) is 25.7 Å². The molecule has 0 bridgehead atoms. The van der Waals surface area contributed by atoms with E-state index >= 15 is 0 Å². The summed E-state index contributed by atoms with van der Waals surface area (Å²) in [6, 6.07) is 0.118. The Bertz CT molecular complexity index is 144. The van der Waals surface area contributed by atoms with E-state index in [1.807, 2.05) is 0 Å². The summed E-state index contributed by atoms with van der Waals surface area (Å²) in [4.78, 5) is 0. The van der Waals surface area contributed by atoms with E-state index in [4.69, 9.17) is 4.74 Å². The summed E-state index contributed by atoms with van der Waals surface area (Å²) in [6.45, 7) is -0.218. The molecule has 0 spiro atoms. The minimum absolute atomic E-state index is 0.118. The zero-order valence-electron chi connectivity index (χ0n) is 7.93. The van der Waals surface area contributed by atoms with Gasteiger partial charge in [-0.2, -0.15) is 0 Å². The maximum Gasteiger partial charge on any atom is 0.250 e. The van der Waals surface area contributed by atoms with E-state index in [0.29, 0.717) is 0 Å². The van der Waals surface area contributed by atoms with E-state index < -0.39 is 6.43 Å². The minimum Gasteiger partial charge on any atom is -0.380 e. The molecule has 1 N–H and O–H groups in total. The van der Waals surface area contributed by atoms with Gasteiger partial charge in [0.1, 0.15) is 0 Å². The molecular weight excluding hydrogens is 176 g/mol. The maximum atomic E-state index is 11.9. The highest BCUT2D eigenvalue weighted by Crippen LogP contribution is 2.20. The maximum absolute atomic E-state index is 11.9. The molecule has 78 valence electrons. The number of alkyl halides is 2. The van der Waals surface area contributed by atoms with Crippen molar-refractivity contribution in [2.75, 3.05) is 13.7 Å². The fourth-order valence-corrected chi connectivity index (χ4v) is 1.85. The fraction of sp³-hybridized carbons (Fsp3) is 1.00. The van der Waals surface area contributed by atoms with Crippen molar-refractivity contribution in [2.24, 2.45) is 0 Å². The topological polar surface area (TPSA) is 21.3 Å². The molecular formula is C9H17F2NO. The van der Waals surface area contributed by atoms with Crippen molar-refractivity contribution >= 4 is 0 Å². The van der Waals surface area contributed by atoms with Gasteiger partial charge in [0.05, 0.1) is 12.6 Å². The predicted molar refractivity (Wildman–Crippen MR) is 47.1 cm³/mol. The van der Waals surface area contributed by atoms with Crippen LogP contribution in [0, 0.1) is 0 Å². The van der Waals surface area contributed by atoms with Crippen LogP contribution in [0.15, 0.2) is 0 Å². The number of methoxy groups -OCH3 is 1. The van der Waals surface area contributed by atoms with Crippen LogP contribution < -0.4 is 5.32 Å². The first-order valence-corrected chi connectivity index (χ1v) is 4.78. The lowest BCUT2D eigenvalue weighted by Crippen LogP contribution is -2.44. The second-order valence-electron chi connectivity index (χ2n) is 3.46. The molecule has 0 amide bonds. The van der Waals surface area contributed by atoms with Crippen LogP contribution >= 0.6 is 0 Å². The summed E-state index contributed by atoms with van der Waals surface area (Å²) in [5.74, 6) is 0. The largest absolute Gasteiger partial charge is 0.380 e. The molecule has 1 rings (SSSR count). The Morgan fingerprint density at radius 3 is 2.69 bits per heavy atom. The molecule has 2 atom stereocenters. The monoisotopic (exact) mass is 193 g/mol. The van der Waals surface area contributed by atoms with Crippen molar-refractivity contribution in [1.29, 1.82) is 0 Å². The van der Waals surface area contributed by atoms with Crippen LogP contribution in [-0.4, -0.2) is 32.2 Å². The molecule has 0 saturated heterocycles. The summed E-state index contributed by atoms with van der Waals surface area (Å²) in [5, 5.41) is 2.85. The van der Waals surface area contributed by atoms with E-state index in [2.05, 4.69) is 5.32 Å². The van der Waals surface area contributed by atoms with Gasteiger partial charge in [-0.1, -0.05) is 12.8 Å². The first kappa shape index (κ1) is 10.9. The standard InChI is InChI=1S/C9H17F2NO/c1-13-8-5-3-2-4-7(8)12-6-9(10)11/h7-9,12H,2-6H2,1H3. The molecule has 2 nitrogen and oxygen atoms in total. The van der Waals surface area contributed by atoms with Crippen molar-refractivity contribution in [2.45, 2.75) is 44.3 Å². The number of hydrogen-bond acceptors (Lipinski definition) is 2. The van der Waals surface area contributed by atoms with E-state index in [-0.39, 0.29) is 18.7 Å². The molecule has 1 fully saturated rings. The van der Waals surface area contributed by atoms with Crippen molar-refractivity contribution in [3.63, 3.8) is 0 Å². The van der Waals surface area contributed by atoms with Crippen LogP contribution in [0.5, 0.6) is 0 Å². The van der Waals surface area contributed by atoms with Crippen molar-refractivity contribution in [1.82, 2.24) is 5.32 Å². The molecule has 4 heteroatoms. The van der Waals surface area contributed by atoms with Crippen LogP contribution in [-0.2, 0) is 4.74 Å². The quantitative estimate of drug-likeness (QED) is 0.735. The van der Waals surface area contributed by atoms with Gasteiger partial charge in [0.15, 0.2) is 0 Å². The van der Waals surface area contributed by atoms with Gasteiger partial charge in [-0.15, -0.1) is 0 Å². The van der Waals surface area contributed by atoms with Crippen molar-refractivity contribution in [3.8, 4) is 0 Å². The third kappa shape index (κ3) is 3.56. The lowest BCUT2D eigenvalue weighted by molar-refractivity contribution is 0.0342. The molecule has 1 aliphatic carbocycles. The summed E-state index contributed by atoms with van der Waals surface area (Å²) in [7, 11) is 1.65. The van der Waals surface area contributed by atoms with Gasteiger partial charge in [-0.25, -0.2) is 8.78 Å². The molecule has 0 aromatic carbocycles. The average Bonchev–Trinajstić information content (AvgIpc) is 2.15. The van der Waals surface area contributed by atoms with Crippen LogP contribution in [0.25, 0.3) is 0 Å². The van der Waals surface area contributed by atoms with Crippen molar-refractivity contribution < 1.29 is 13.5 Å². The molecule has 0 aromatic heterocycles. The molecule has 13 heavy (non-hydrogen) atoms. The molecule has 2 unspecified atom stereocenters. The van der Waals surface area contributed by atoms with Gasteiger partial charge in [0, 0.05) is 13.2 Å². The summed E-state index contributed by atoms with van der Waals surface area (Å²) in [6.07, 6.45) is 2.04. The van der Waals surface area contributed by atoms with E-state index in [9.17, 15) is 8.78 Å². The Labute approximate surface area is 77.6 Å². The van der Waals surface area contributed by atoms with Gasteiger partial charge in [-0.05, 0) is 12.8 Å². The second-order valence-corrected chi connectivity index (χ2v) is 3.46. The molecule has 0 heterocycles. The first-order chi connectivity index (χ1) is 6.24. The Morgan fingerprint density at radius 2 is 2.08 bits per heavy atom. The zero-order chi connectivity index (χ0) is 9.68. The van der Waals surface area contributed by atoms with E-state index in [0.717, 1.165) is 25.7 Å². The molecule has 0 aliphatic heterocycles. The summed E-state index contributed by atoms with van der Waals surface area (Å²) < 4.78 is 29.1. The van der Waals surface area contributed by atoms with Gasteiger partial charge in [0.25, 0.3) is 6.43 Å². The third-order valence-electron chi connectivity index (χ3n) is 2.54. The lowest BCUT2D eigenvalue weighted by Gasteiger charge is -2.31. The van der Waals surface area contributed by atoms with Gasteiger partial charge in [0.2, 0.25) is 0 Å². The SMILES string of the molecule is COC1CCCCC1NCC(F)F. The number of hydrogen-bond donors (Lipinski definition) is 1. The normalized spacial score (nSPS) is 29.5.